The van der Waals surface area contributed by atoms with Crippen molar-refractivity contribution in [2.45, 2.75) is 32.4 Å². The summed E-state index contributed by atoms with van der Waals surface area (Å²) in [5.74, 6) is 0.860. The normalized spacial score (nSPS) is 17.4. The van der Waals surface area contributed by atoms with Gasteiger partial charge in [-0.1, -0.05) is 18.2 Å². The second kappa shape index (κ2) is 4.61. The molecule has 1 atom stereocenters. The minimum absolute atomic E-state index is 0.234. The van der Waals surface area contributed by atoms with E-state index in [1.165, 1.54) is 11.3 Å². The molecule has 0 aliphatic carbocycles. The highest BCUT2D eigenvalue weighted by molar-refractivity contribution is 5.58. The largest absolute Gasteiger partial charge is 0.493 e. The summed E-state index contributed by atoms with van der Waals surface area (Å²) in [5, 5.41) is 8.01. The Labute approximate surface area is 113 Å². The van der Waals surface area contributed by atoms with Crippen LogP contribution in [0.25, 0.3) is 0 Å². The van der Waals surface area contributed by atoms with Crippen molar-refractivity contribution in [1.82, 2.24) is 9.78 Å². The van der Waals surface area contributed by atoms with Gasteiger partial charge in [-0.15, -0.1) is 0 Å². The zero-order valence-corrected chi connectivity index (χ0v) is 11.6. The lowest BCUT2D eigenvalue weighted by Crippen LogP contribution is -2.16. The van der Waals surface area contributed by atoms with E-state index < -0.39 is 0 Å². The fourth-order valence-corrected chi connectivity index (χ4v) is 2.72. The fraction of sp³-hybridized carbons (Fsp3) is 0.400. The third-order valence-electron chi connectivity index (χ3n) is 3.61. The van der Waals surface area contributed by atoms with Gasteiger partial charge in [0.05, 0.1) is 19.3 Å². The number of methoxy groups -OCH3 is 1. The zero-order chi connectivity index (χ0) is 13.4. The molecule has 1 aromatic carbocycles. The Morgan fingerprint density at radius 2 is 2.16 bits per heavy atom. The summed E-state index contributed by atoms with van der Waals surface area (Å²) in [6.45, 7) is 4.27. The molecule has 1 unspecified atom stereocenters. The van der Waals surface area contributed by atoms with Crippen LogP contribution in [0.4, 0.5) is 5.69 Å². The summed E-state index contributed by atoms with van der Waals surface area (Å²) in [6, 6.07) is 9.00. The van der Waals surface area contributed by atoms with Gasteiger partial charge in [-0.25, -0.2) is 0 Å². The van der Waals surface area contributed by atoms with E-state index >= 15 is 0 Å². The van der Waals surface area contributed by atoms with Gasteiger partial charge < -0.3 is 10.1 Å². The predicted molar refractivity (Wildman–Crippen MR) is 75.7 cm³/mol. The van der Waals surface area contributed by atoms with Gasteiger partial charge in [0.1, 0.15) is 5.69 Å². The summed E-state index contributed by atoms with van der Waals surface area (Å²) >= 11 is 0. The first-order valence-electron chi connectivity index (χ1n) is 6.66. The Bertz CT molecular complexity index is 564. The smallest absolute Gasteiger partial charge is 0.162 e. The number of hydrogen-bond acceptors (Lipinski definition) is 3. The molecule has 1 aromatic heterocycles. The number of rotatable bonds is 3. The zero-order valence-electron chi connectivity index (χ0n) is 11.6. The van der Waals surface area contributed by atoms with Crippen LogP contribution in [0, 0.1) is 0 Å². The molecule has 2 aromatic rings. The van der Waals surface area contributed by atoms with Crippen LogP contribution in [0.5, 0.6) is 5.75 Å². The van der Waals surface area contributed by atoms with Gasteiger partial charge in [-0.05, 0) is 25.5 Å². The first-order chi connectivity index (χ1) is 9.20. The van der Waals surface area contributed by atoms with Gasteiger partial charge in [0.15, 0.2) is 5.75 Å². The number of anilines is 1. The molecule has 4 heteroatoms. The Kier molecular flexibility index (Phi) is 2.93. The van der Waals surface area contributed by atoms with E-state index in [0.717, 1.165) is 17.9 Å². The van der Waals surface area contributed by atoms with Crippen LogP contribution in [0.2, 0.25) is 0 Å². The minimum Gasteiger partial charge on any atom is -0.493 e. The molecule has 0 bridgehead atoms. The highest BCUT2D eigenvalue weighted by Crippen LogP contribution is 2.38. The topological polar surface area (TPSA) is 39.1 Å². The number of benzene rings is 1. The van der Waals surface area contributed by atoms with Crippen molar-refractivity contribution in [2.75, 3.05) is 12.4 Å². The van der Waals surface area contributed by atoms with Crippen LogP contribution in [-0.2, 0) is 6.42 Å². The van der Waals surface area contributed by atoms with Gasteiger partial charge in [0.2, 0.25) is 0 Å². The molecule has 1 aliphatic heterocycles. The van der Waals surface area contributed by atoms with Gasteiger partial charge in [-0.3, -0.25) is 4.68 Å². The summed E-state index contributed by atoms with van der Waals surface area (Å²) < 4.78 is 7.51. The van der Waals surface area contributed by atoms with Crippen molar-refractivity contribution in [2.24, 2.45) is 0 Å². The number of fused-ring (bicyclic) bond motifs is 1. The van der Waals surface area contributed by atoms with Crippen molar-refractivity contribution in [1.29, 1.82) is 0 Å². The summed E-state index contributed by atoms with van der Waals surface area (Å²) in [5.41, 5.74) is 3.70. The van der Waals surface area contributed by atoms with Crippen molar-refractivity contribution < 1.29 is 4.74 Å². The molecule has 1 N–H and O–H groups in total. The predicted octanol–water partition coefficient (Wildman–Crippen LogP) is 3.18. The molecule has 0 amide bonds. The van der Waals surface area contributed by atoms with E-state index in [1.807, 2.05) is 4.68 Å². The quantitative estimate of drug-likeness (QED) is 0.918. The lowest BCUT2D eigenvalue weighted by Gasteiger charge is -2.18. The van der Waals surface area contributed by atoms with E-state index in [9.17, 15) is 0 Å². The molecule has 0 saturated heterocycles. The number of hydrogen-bond donors (Lipinski definition) is 1. The van der Waals surface area contributed by atoms with Crippen molar-refractivity contribution in [3.63, 3.8) is 0 Å². The molecule has 3 rings (SSSR count). The van der Waals surface area contributed by atoms with Crippen LogP contribution < -0.4 is 10.1 Å². The third kappa shape index (κ3) is 1.97. The van der Waals surface area contributed by atoms with Gasteiger partial charge in [-0.2, -0.15) is 5.10 Å². The molecule has 0 radical (unpaired) electrons. The molecular weight excluding hydrogens is 238 g/mol. The summed E-state index contributed by atoms with van der Waals surface area (Å²) in [6.07, 6.45) is 2.78. The van der Waals surface area contributed by atoms with E-state index in [2.05, 4.69) is 48.5 Å². The fourth-order valence-electron chi connectivity index (χ4n) is 2.72. The maximum atomic E-state index is 5.46. The van der Waals surface area contributed by atoms with Gasteiger partial charge in [0, 0.05) is 18.2 Å². The maximum absolute atomic E-state index is 5.46. The summed E-state index contributed by atoms with van der Waals surface area (Å²) in [7, 11) is 1.70. The number of aromatic nitrogens is 2. The SMILES string of the molecule is COc1cnn(C(C)C)c1C1Cc2ccccc2N1. The van der Waals surface area contributed by atoms with Crippen molar-refractivity contribution >= 4 is 5.69 Å². The number of nitrogens with one attached hydrogen (secondary N) is 1. The lowest BCUT2D eigenvalue weighted by molar-refractivity contribution is 0.400. The average Bonchev–Trinajstić information content (AvgIpc) is 3.01. The molecule has 19 heavy (non-hydrogen) atoms. The van der Waals surface area contributed by atoms with E-state index in [0.29, 0.717) is 6.04 Å². The standard InChI is InChI=1S/C15H19N3O/c1-10(2)18-15(14(19-3)9-16-18)13-8-11-6-4-5-7-12(11)17-13/h4-7,9-10,13,17H,8H2,1-3H3. The van der Waals surface area contributed by atoms with Gasteiger partial charge in [0.25, 0.3) is 0 Å². The van der Waals surface area contributed by atoms with Gasteiger partial charge >= 0.3 is 0 Å². The van der Waals surface area contributed by atoms with E-state index in [1.54, 1.807) is 13.3 Å². The second-order valence-electron chi connectivity index (χ2n) is 5.19. The van der Waals surface area contributed by atoms with Crippen LogP contribution in [0.3, 0.4) is 0 Å². The highest BCUT2D eigenvalue weighted by Gasteiger charge is 2.28. The molecule has 0 fully saturated rings. The minimum atomic E-state index is 0.234. The Balaban J connectivity index is 1.98. The monoisotopic (exact) mass is 257 g/mol. The lowest BCUT2D eigenvalue weighted by atomic mass is 10.1. The highest BCUT2D eigenvalue weighted by atomic mass is 16.5. The van der Waals surface area contributed by atoms with E-state index in [-0.39, 0.29) is 6.04 Å². The molecule has 0 saturated carbocycles. The second-order valence-corrected chi connectivity index (χ2v) is 5.19. The molecule has 0 spiro atoms. The third-order valence-corrected chi connectivity index (χ3v) is 3.61. The maximum Gasteiger partial charge on any atom is 0.162 e. The van der Waals surface area contributed by atoms with Crippen molar-refractivity contribution in [3.8, 4) is 5.75 Å². The Morgan fingerprint density at radius 1 is 1.37 bits per heavy atom. The molecule has 100 valence electrons. The summed E-state index contributed by atoms with van der Waals surface area (Å²) in [4.78, 5) is 0. The first-order valence-corrected chi connectivity index (χ1v) is 6.66. The number of para-hydroxylation sites is 1. The van der Waals surface area contributed by atoms with Crippen LogP contribution >= 0.6 is 0 Å². The Hall–Kier alpha value is -1.97. The molecule has 1 aliphatic rings. The number of ether oxygens (including phenoxy) is 1. The first kappa shape index (κ1) is 12.1. The Morgan fingerprint density at radius 3 is 2.84 bits per heavy atom. The molecule has 2 heterocycles. The van der Waals surface area contributed by atoms with Crippen LogP contribution in [-0.4, -0.2) is 16.9 Å². The number of nitrogens with zero attached hydrogens (tertiary/aromatic N) is 2. The molecular formula is C15H19N3O. The molecule has 4 nitrogen and oxygen atoms in total. The van der Waals surface area contributed by atoms with Crippen LogP contribution in [0.1, 0.15) is 37.2 Å². The average molecular weight is 257 g/mol. The van der Waals surface area contributed by atoms with Crippen molar-refractivity contribution in [3.05, 3.63) is 41.7 Å². The van der Waals surface area contributed by atoms with E-state index in [4.69, 9.17) is 4.74 Å². The van der Waals surface area contributed by atoms with Crippen LogP contribution in [0.15, 0.2) is 30.5 Å².